The van der Waals surface area contributed by atoms with E-state index in [1.54, 1.807) is 6.92 Å². The quantitative estimate of drug-likeness (QED) is 0.196. The summed E-state index contributed by atoms with van der Waals surface area (Å²) in [6.07, 6.45) is 8.75. The summed E-state index contributed by atoms with van der Waals surface area (Å²) in [5.41, 5.74) is 3.40. The fourth-order valence-corrected chi connectivity index (χ4v) is 8.24. The third kappa shape index (κ3) is 5.59. The van der Waals surface area contributed by atoms with Crippen LogP contribution >= 0.6 is 23.2 Å². The predicted octanol–water partition coefficient (Wildman–Crippen LogP) is 7.25. The van der Waals surface area contributed by atoms with Gasteiger partial charge in [-0.2, -0.15) is 5.10 Å². The number of rotatable bonds is 7. The highest BCUT2D eigenvalue weighted by molar-refractivity contribution is 6.39. The van der Waals surface area contributed by atoms with Crippen molar-refractivity contribution in [1.82, 2.24) is 20.1 Å². The largest absolute Gasteiger partial charge is 0.346 e. The van der Waals surface area contributed by atoms with Crippen molar-refractivity contribution in [3.05, 3.63) is 93.0 Å². The van der Waals surface area contributed by atoms with Crippen LogP contribution in [0.2, 0.25) is 10.0 Å². The molecule has 0 spiro atoms. The number of pyridine rings is 1. The van der Waals surface area contributed by atoms with Crippen LogP contribution in [0.5, 0.6) is 0 Å². The molecule has 3 N–H and O–H groups in total. The van der Waals surface area contributed by atoms with Crippen LogP contribution in [0.4, 0.5) is 16.2 Å². The van der Waals surface area contributed by atoms with Gasteiger partial charge in [-0.3, -0.25) is 14.6 Å². The Labute approximate surface area is 270 Å². The van der Waals surface area contributed by atoms with Crippen molar-refractivity contribution in [2.24, 2.45) is 17.8 Å². The molecular formula is C34H32Cl2N6O3. The molecule has 0 saturated heterocycles. The van der Waals surface area contributed by atoms with Crippen molar-refractivity contribution in [1.29, 1.82) is 0 Å². The maximum absolute atomic E-state index is 13.5. The molecule has 9 nitrogen and oxygen atoms in total. The Balaban J connectivity index is 1.13. The van der Waals surface area contributed by atoms with E-state index in [9.17, 15) is 14.4 Å². The standard InChI is InChI=1S/C34H32Cl2N6O3/c1-2-42-32(44)29(38-33(45)39-30-26(35)17-37-18-27(30)36)14-28(41-42)23-7-3-5-21(12-23)22-6-4-8-24(13-22)31(43)40-34-15-19-9-20(16-34)11-25(34)10-19/h3-8,12-14,17-20,25H,2,9-11,15-16H2,1H3,(H,40,43)(H2,37,38,39,45). The monoisotopic (exact) mass is 642 g/mol. The van der Waals surface area contributed by atoms with Gasteiger partial charge in [0.1, 0.15) is 5.69 Å². The summed E-state index contributed by atoms with van der Waals surface area (Å²) in [7, 11) is 0. The number of carbonyl (C=O) groups is 2. The lowest BCUT2D eigenvalue weighted by Gasteiger charge is -2.34. The highest BCUT2D eigenvalue weighted by Gasteiger charge is 2.58. The SMILES string of the molecule is CCn1nc(-c2cccc(-c3cccc(C(=O)NC45CC6CC(CC4C6)C5)c3)c2)cc(NC(=O)Nc2c(Cl)cncc2Cl)c1=O. The first kappa shape index (κ1) is 29.5. The maximum Gasteiger partial charge on any atom is 0.323 e. The van der Waals surface area contributed by atoms with Gasteiger partial charge in [-0.15, -0.1) is 0 Å². The Morgan fingerprint density at radius 2 is 1.58 bits per heavy atom. The lowest BCUT2D eigenvalue weighted by atomic mass is 9.80. The summed E-state index contributed by atoms with van der Waals surface area (Å²) in [4.78, 5) is 43.3. The molecule has 2 heterocycles. The third-order valence-electron chi connectivity index (χ3n) is 9.58. The molecule has 8 rings (SSSR count). The minimum atomic E-state index is -0.691. The molecule has 2 unspecified atom stereocenters. The van der Waals surface area contributed by atoms with Gasteiger partial charge in [-0.1, -0.05) is 53.5 Å². The molecule has 11 heteroatoms. The fraction of sp³-hybridized carbons (Fsp3) is 0.324. The van der Waals surface area contributed by atoms with Gasteiger partial charge in [0.25, 0.3) is 11.5 Å². The van der Waals surface area contributed by atoms with Gasteiger partial charge >= 0.3 is 6.03 Å². The van der Waals surface area contributed by atoms with E-state index in [1.807, 2.05) is 48.5 Å². The van der Waals surface area contributed by atoms with Gasteiger partial charge < -0.3 is 16.0 Å². The zero-order chi connectivity index (χ0) is 31.3. The number of amides is 3. The van der Waals surface area contributed by atoms with Crippen LogP contribution in [-0.2, 0) is 6.54 Å². The van der Waals surface area contributed by atoms with Gasteiger partial charge in [0.2, 0.25) is 0 Å². The molecular weight excluding hydrogens is 611 g/mol. The fourth-order valence-electron chi connectivity index (χ4n) is 7.78. The molecule has 4 aliphatic rings. The van der Waals surface area contributed by atoms with Gasteiger partial charge in [0, 0.05) is 35.6 Å². The number of nitrogens with one attached hydrogen (secondary N) is 3. The zero-order valence-electron chi connectivity index (χ0n) is 24.6. The zero-order valence-corrected chi connectivity index (χ0v) is 26.2. The first-order chi connectivity index (χ1) is 21.7. The number of urea groups is 1. The summed E-state index contributed by atoms with van der Waals surface area (Å²) < 4.78 is 1.29. The van der Waals surface area contributed by atoms with E-state index < -0.39 is 11.6 Å². The number of benzene rings is 2. The molecule has 3 amide bonds. The van der Waals surface area contributed by atoms with Gasteiger partial charge in [-0.05, 0) is 92.2 Å². The van der Waals surface area contributed by atoms with Crippen LogP contribution in [0.25, 0.3) is 22.4 Å². The summed E-state index contributed by atoms with van der Waals surface area (Å²) in [6, 6.07) is 16.2. The molecule has 45 heavy (non-hydrogen) atoms. The number of anilines is 2. The van der Waals surface area contributed by atoms with E-state index in [4.69, 9.17) is 23.2 Å². The Morgan fingerprint density at radius 1 is 0.911 bits per heavy atom. The molecule has 4 bridgehead atoms. The van der Waals surface area contributed by atoms with E-state index in [2.05, 4.69) is 26.0 Å². The van der Waals surface area contributed by atoms with Crippen molar-refractivity contribution >= 4 is 46.5 Å². The first-order valence-corrected chi connectivity index (χ1v) is 16.0. The number of hydrogen-bond donors (Lipinski definition) is 3. The molecule has 4 saturated carbocycles. The maximum atomic E-state index is 13.5. The second-order valence-electron chi connectivity index (χ2n) is 12.4. The normalized spacial score (nSPS) is 22.8. The average molecular weight is 644 g/mol. The van der Waals surface area contributed by atoms with Crippen LogP contribution in [0, 0.1) is 17.8 Å². The predicted molar refractivity (Wildman–Crippen MR) is 176 cm³/mol. The smallest absolute Gasteiger partial charge is 0.323 e. The number of aromatic nitrogens is 3. The summed E-state index contributed by atoms with van der Waals surface area (Å²) in [5.74, 6) is 2.12. The van der Waals surface area contributed by atoms with Gasteiger partial charge in [0.15, 0.2) is 0 Å². The Hall–Kier alpha value is -4.21. The number of aryl methyl sites for hydroxylation is 1. The first-order valence-electron chi connectivity index (χ1n) is 15.2. The van der Waals surface area contributed by atoms with E-state index in [0.29, 0.717) is 23.7 Å². The molecule has 0 aliphatic heterocycles. The summed E-state index contributed by atoms with van der Waals surface area (Å²) in [5, 5.41) is 13.5. The van der Waals surface area contributed by atoms with E-state index in [1.165, 1.54) is 42.4 Å². The molecule has 4 aromatic rings. The minimum Gasteiger partial charge on any atom is -0.346 e. The van der Waals surface area contributed by atoms with Crippen LogP contribution in [0.1, 0.15) is 49.4 Å². The lowest BCUT2D eigenvalue weighted by Crippen LogP contribution is -2.49. The van der Waals surface area contributed by atoms with E-state index in [-0.39, 0.29) is 32.9 Å². The van der Waals surface area contributed by atoms with Crippen LogP contribution in [-0.4, -0.2) is 32.2 Å². The lowest BCUT2D eigenvalue weighted by molar-refractivity contribution is 0.0875. The molecule has 0 radical (unpaired) electrons. The van der Waals surface area contributed by atoms with Gasteiger partial charge in [0.05, 0.1) is 21.4 Å². The molecule has 4 fully saturated rings. The van der Waals surface area contributed by atoms with Crippen LogP contribution in [0.15, 0.2) is 71.8 Å². The van der Waals surface area contributed by atoms with Crippen LogP contribution < -0.4 is 21.5 Å². The van der Waals surface area contributed by atoms with E-state index >= 15 is 0 Å². The Kier molecular flexibility index (Phi) is 7.61. The summed E-state index contributed by atoms with van der Waals surface area (Å²) >= 11 is 12.3. The Morgan fingerprint density at radius 3 is 2.29 bits per heavy atom. The van der Waals surface area contributed by atoms with Crippen molar-refractivity contribution in [2.75, 3.05) is 10.6 Å². The molecule has 2 aromatic heterocycles. The van der Waals surface area contributed by atoms with Crippen molar-refractivity contribution in [3.63, 3.8) is 0 Å². The highest BCUT2D eigenvalue weighted by Crippen LogP contribution is 2.60. The number of halogens is 2. The minimum absolute atomic E-state index is 0.0128. The molecule has 2 aromatic carbocycles. The van der Waals surface area contributed by atoms with Gasteiger partial charge in [-0.25, -0.2) is 9.48 Å². The van der Waals surface area contributed by atoms with Crippen molar-refractivity contribution in [2.45, 2.75) is 51.1 Å². The Bertz CT molecular complexity index is 1860. The average Bonchev–Trinajstić information content (AvgIpc) is 3.42. The van der Waals surface area contributed by atoms with Crippen molar-refractivity contribution in [3.8, 4) is 22.4 Å². The second-order valence-corrected chi connectivity index (χ2v) is 13.3. The van der Waals surface area contributed by atoms with Crippen LogP contribution in [0.3, 0.4) is 0 Å². The van der Waals surface area contributed by atoms with Crippen molar-refractivity contribution < 1.29 is 9.59 Å². The highest BCUT2D eigenvalue weighted by atomic mass is 35.5. The molecule has 2 atom stereocenters. The number of nitrogens with zero attached hydrogens (tertiary/aromatic N) is 3. The molecule has 4 aliphatic carbocycles. The number of carbonyl (C=O) groups excluding carboxylic acids is 2. The third-order valence-corrected chi connectivity index (χ3v) is 10.2. The number of hydrogen-bond acceptors (Lipinski definition) is 5. The van der Waals surface area contributed by atoms with E-state index in [0.717, 1.165) is 41.4 Å². The molecule has 230 valence electrons. The topological polar surface area (TPSA) is 118 Å². The second kappa shape index (κ2) is 11.6. The summed E-state index contributed by atoms with van der Waals surface area (Å²) in [6.45, 7) is 2.10.